The van der Waals surface area contributed by atoms with Crippen LogP contribution in [0.15, 0.2) is 194 Å². The van der Waals surface area contributed by atoms with E-state index in [0.717, 1.165) is 76.6 Å². The van der Waals surface area contributed by atoms with E-state index >= 15 is 0 Å². The number of carboxylic acid groups (broad SMARTS) is 6. The van der Waals surface area contributed by atoms with Gasteiger partial charge >= 0.3 is 35.8 Å². The summed E-state index contributed by atoms with van der Waals surface area (Å²) in [6.07, 6.45) is 12.2. The summed E-state index contributed by atoms with van der Waals surface area (Å²) < 4.78 is 39.8. The van der Waals surface area contributed by atoms with Crippen molar-refractivity contribution < 1.29 is 77.7 Å². The van der Waals surface area contributed by atoms with Crippen LogP contribution in [0.3, 0.4) is 0 Å². The lowest BCUT2D eigenvalue weighted by Gasteiger charge is -2.39. The lowest BCUT2D eigenvalue weighted by atomic mass is 9.93. The Morgan fingerprint density at radius 3 is 1.01 bits per heavy atom. The molecule has 0 aromatic heterocycles. The lowest BCUT2D eigenvalue weighted by molar-refractivity contribution is -0.134. The summed E-state index contributed by atoms with van der Waals surface area (Å²) in [4.78, 5) is 67.3. The average molecular weight is 1180 g/mol. The fraction of sp³-hybridized carbons (Fsp3) is 0.212. The van der Waals surface area contributed by atoms with E-state index < -0.39 is 35.8 Å². The van der Waals surface area contributed by atoms with Gasteiger partial charge in [-0.15, -0.1) is 0 Å². The Morgan fingerprint density at radius 2 is 0.698 bits per heavy atom. The second-order valence-corrected chi connectivity index (χ2v) is 19.5. The van der Waals surface area contributed by atoms with Crippen LogP contribution in [0.25, 0.3) is 12.2 Å². The van der Waals surface area contributed by atoms with E-state index in [-0.39, 0.29) is 23.7 Å². The molecule has 4 aliphatic heterocycles. The molecular formula is C66H66F2N4O14. The topological polar surface area (TPSA) is 255 Å². The van der Waals surface area contributed by atoms with E-state index in [1.807, 2.05) is 36.4 Å². The Balaban J connectivity index is 0.000000200. The molecule has 4 aliphatic rings. The summed E-state index contributed by atoms with van der Waals surface area (Å²) in [7, 11) is 0. The molecule has 448 valence electrons. The number of halogens is 2. The minimum Gasteiger partial charge on any atom is -0.488 e. The molecule has 4 heterocycles. The molecule has 0 radical (unpaired) electrons. The first-order valence-electron chi connectivity index (χ1n) is 27.2. The highest BCUT2D eigenvalue weighted by Crippen LogP contribution is 2.42. The number of piperazine rings is 2. The normalized spacial score (nSPS) is 16.7. The van der Waals surface area contributed by atoms with Crippen molar-refractivity contribution in [1.29, 1.82) is 0 Å². The number of nitrogens with zero attached hydrogens (tertiary/aromatic N) is 4. The standard InChI is InChI=1S/2C27H27FN2O.3C4H4O4/c2*28-23-12-13-25-26(19-23)31-20-22-10-4-5-11-24(22)27(25)30-17-15-29(16-18-30)14-6-9-21-7-2-1-3-8-21;3*5-3(6)1-2-4(7)8/h2*1-13,19,27H,14-18,20H2;3*1-2H,(H,5,6)(H,7,8)/b2*9-6+;3*2-1+. The maximum Gasteiger partial charge on any atom is 0.328 e. The minimum absolute atomic E-state index is 0.0938. The summed E-state index contributed by atoms with van der Waals surface area (Å²) in [5, 5.41) is 46.9. The van der Waals surface area contributed by atoms with Gasteiger partial charge in [-0.25, -0.2) is 37.5 Å². The van der Waals surface area contributed by atoms with Crippen LogP contribution in [-0.2, 0) is 42.0 Å². The van der Waals surface area contributed by atoms with E-state index in [4.69, 9.17) is 40.1 Å². The average Bonchev–Trinajstić information content (AvgIpc) is 2.45. The predicted molar refractivity (Wildman–Crippen MR) is 318 cm³/mol. The van der Waals surface area contributed by atoms with Crippen molar-refractivity contribution in [1.82, 2.24) is 19.6 Å². The van der Waals surface area contributed by atoms with Gasteiger partial charge in [0.2, 0.25) is 0 Å². The van der Waals surface area contributed by atoms with Crippen LogP contribution in [0.5, 0.6) is 11.5 Å². The van der Waals surface area contributed by atoms with Crippen molar-refractivity contribution in [2.75, 3.05) is 65.4 Å². The zero-order valence-corrected chi connectivity index (χ0v) is 46.8. The van der Waals surface area contributed by atoms with Gasteiger partial charge < -0.3 is 40.1 Å². The third-order valence-corrected chi connectivity index (χ3v) is 13.6. The van der Waals surface area contributed by atoms with Crippen molar-refractivity contribution in [3.63, 3.8) is 0 Å². The highest BCUT2D eigenvalue weighted by atomic mass is 19.1. The molecule has 20 heteroatoms. The molecule has 10 rings (SSSR count). The number of benzene rings is 6. The quantitative estimate of drug-likeness (QED) is 0.0555. The first kappa shape index (κ1) is 65.3. The van der Waals surface area contributed by atoms with E-state index in [9.17, 15) is 37.5 Å². The molecule has 6 aromatic rings. The fourth-order valence-electron chi connectivity index (χ4n) is 9.66. The number of fused-ring (bicyclic) bond motifs is 4. The molecule has 0 aliphatic carbocycles. The van der Waals surface area contributed by atoms with E-state index in [0.29, 0.717) is 61.2 Å². The molecule has 6 aromatic carbocycles. The third-order valence-electron chi connectivity index (χ3n) is 13.6. The number of aliphatic carboxylic acids is 6. The van der Waals surface area contributed by atoms with Crippen molar-refractivity contribution in [2.24, 2.45) is 0 Å². The van der Waals surface area contributed by atoms with Gasteiger partial charge in [-0.2, -0.15) is 0 Å². The number of carbonyl (C=O) groups is 6. The van der Waals surface area contributed by atoms with Crippen LogP contribution < -0.4 is 9.47 Å². The van der Waals surface area contributed by atoms with Crippen LogP contribution in [0.4, 0.5) is 8.78 Å². The van der Waals surface area contributed by atoms with Crippen LogP contribution in [0, 0.1) is 11.6 Å². The van der Waals surface area contributed by atoms with E-state index in [1.165, 1.54) is 45.5 Å². The Hall–Kier alpha value is -9.86. The molecular weight excluding hydrogens is 1110 g/mol. The molecule has 6 N–H and O–H groups in total. The minimum atomic E-state index is -1.26. The summed E-state index contributed by atoms with van der Waals surface area (Å²) in [5.74, 6) is -6.72. The summed E-state index contributed by atoms with van der Waals surface area (Å²) in [5.41, 5.74) is 9.48. The maximum atomic E-state index is 13.9. The van der Waals surface area contributed by atoms with Gasteiger partial charge in [-0.3, -0.25) is 19.6 Å². The SMILES string of the molecule is Fc1ccc2c(c1)OCc1ccccc1C2N1CCN(C/C=C/c2ccccc2)CC1.Fc1ccc2c(c1)OCc1ccccc1C2N1CCN(C/C=C/c2ccccc2)CC1.O=C(O)/C=C/C(=O)O.O=C(O)/C=C/C(=O)O.O=C(O)/C=C/C(=O)O. The molecule has 0 amide bonds. The van der Waals surface area contributed by atoms with Crippen molar-refractivity contribution in [2.45, 2.75) is 25.3 Å². The maximum absolute atomic E-state index is 13.9. The molecule has 2 fully saturated rings. The molecule has 2 saturated heterocycles. The summed E-state index contributed by atoms with van der Waals surface area (Å²) >= 11 is 0. The van der Waals surface area contributed by atoms with Crippen molar-refractivity contribution in [3.05, 3.63) is 250 Å². The number of carboxylic acids is 6. The third kappa shape index (κ3) is 21.7. The van der Waals surface area contributed by atoms with E-state index in [2.05, 4.69) is 129 Å². The fourth-order valence-corrected chi connectivity index (χ4v) is 9.66. The number of hydrogen-bond donors (Lipinski definition) is 6. The van der Waals surface area contributed by atoms with Gasteiger partial charge in [0.25, 0.3) is 0 Å². The van der Waals surface area contributed by atoms with Crippen LogP contribution in [0.1, 0.15) is 56.6 Å². The number of rotatable bonds is 14. The monoisotopic (exact) mass is 1180 g/mol. The zero-order valence-electron chi connectivity index (χ0n) is 46.8. The Bertz CT molecular complexity index is 3090. The smallest absolute Gasteiger partial charge is 0.328 e. The molecule has 2 unspecified atom stereocenters. The van der Waals surface area contributed by atoms with Crippen molar-refractivity contribution >= 4 is 48.0 Å². The first-order valence-corrected chi connectivity index (χ1v) is 27.2. The van der Waals surface area contributed by atoms with Gasteiger partial charge in [0.15, 0.2) is 0 Å². The van der Waals surface area contributed by atoms with Crippen LogP contribution >= 0.6 is 0 Å². The Labute approximate surface area is 496 Å². The summed E-state index contributed by atoms with van der Waals surface area (Å²) in [6.45, 7) is 10.8. The van der Waals surface area contributed by atoms with Crippen LogP contribution in [0.2, 0.25) is 0 Å². The molecule has 18 nitrogen and oxygen atoms in total. The van der Waals surface area contributed by atoms with Gasteiger partial charge in [-0.05, 0) is 45.5 Å². The highest BCUT2D eigenvalue weighted by molar-refractivity contribution is 5.90. The summed E-state index contributed by atoms with van der Waals surface area (Å²) in [6, 6.07) is 47.9. The molecule has 0 spiro atoms. The van der Waals surface area contributed by atoms with Gasteiger partial charge in [-0.1, -0.05) is 146 Å². The second kappa shape index (κ2) is 34.0. The first-order chi connectivity index (χ1) is 41.4. The lowest BCUT2D eigenvalue weighted by Crippen LogP contribution is -2.47. The zero-order chi connectivity index (χ0) is 61.8. The van der Waals surface area contributed by atoms with Gasteiger partial charge in [0.05, 0.1) is 12.1 Å². The Kier molecular flexibility index (Phi) is 25.9. The van der Waals surface area contributed by atoms with Gasteiger partial charge in [0, 0.05) is 125 Å². The molecule has 0 saturated carbocycles. The van der Waals surface area contributed by atoms with Gasteiger partial charge in [0.1, 0.15) is 36.3 Å². The number of ether oxygens (including phenoxy) is 2. The largest absolute Gasteiger partial charge is 0.488 e. The predicted octanol–water partition coefficient (Wildman–Crippen LogP) is 9.41. The van der Waals surface area contributed by atoms with Crippen molar-refractivity contribution in [3.8, 4) is 11.5 Å². The van der Waals surface area contributed by atoms with E-state index in [1.54, 1.807) is 12.1 Å². The highest BCUT2D eigenvalue weighted by Gasteiger charge is 2.33. The Morgan fingerprint density at radius 1 is 0.395 bits per heavy atom. The number of hydrogen-bond acceptors (Lipinski definition) is 12. The van der Waals surface area contributed by atoms with Crippen LogP contribution in [-0.4, -0.2) is 152 Å². The molecule has 0 bridgehead atoms. The molecule has 86 heavy (non-hydrogen) atoms. The molecule has 2 atom stereocenters. The second-order valence-electron chi connectivity index (χ2n) is 19.5.